The number of carbonyl (C=O) groups excluding carboxylic acids is 1. The lowest BCUT2D eigenvalue weighted by Gasteiger charge is -2.29. The smallest absolute Gasteiger partial charge is 0.253 e. The second-order valence-corrected chi connectivity index (χ2v) is 8.94. The Labute approximate surface area is 194 Å². The third-order valence-electron chi connectivity index (χ3n) is 5.91. The van der Waals surface area contributed by atoms with Crippen LogP contribution in [0.5, 0.6) is 5.75 Å². The number of ether oxygens (including phenoxy) is 1. The number of aliphatic hydroxyl groups is 1. The molecule has 0 saturated carbocycles. The molecule has 8 nitrogen and oxygen atoms in total. The van der Waals surface area contributed by atoms with Gasteiger partial charge in [0.1, 0.15) is 23.5 Å². The van der Waals surface area contributed by atoms with Gasteiger partial charge >= 0.3 is 0 Å². The third kappa shape index (κ3) is 5.40. The quantitative estimate of drug-likeness (QED) is 0.565. The second kappa shape index (κ2) is 9.72. The van der Waals surface area contributed by atoms with Crippen LogP contribution in [0.25, 0.3) is 11.0 Å². The largest absolute Gasteiger partial charge is 0.492 e. The zero-order valence-corrected chi connectivity index (χ0v) is 19.4. The minimum Gasteiger partial charge on any atom is -0.492 e. The third-order valence-corrected chi connectivity index (χ3v) is 5.91. The van der Waals surface area contributed by atoms with Crippen molar-refractivity contribution in [2.24, 2.45) is 0 Å². The number of aromatic nitrogens is 2. The molecule has 33 heavy (non-hydrogen) atoms. The van der Waals surface area contributed by atoms with Crippen molar-refractivity contribution >= 4 is 22.6 Å². The number of pyridine rings is 2. The van der Waals surface area contributed by atoms with Crippen molar-refractivity contribution in [2.45, 2.75) is 12.0 Å². The lowest BCUT2D eigenvalue weighted by atomic mass is 10.0. The monoisotopic (exact) mass is 449 g/mol. The summed E-state index contributed by atoms with van der Waals surface area (Å²) in [6, 6.07) is 12.9. The predicted molar refractivity (Wildman–Crippen MR) is 129 cm³/mol. The number of rotatable bonds is 8. The number of β-amino-alcohol motifs (C(OH)–C–C–N with tert-alkyl or cyclic N) is 1. The highest BCUT2D eigenvalue weighted by Crippen LogP contribution is 2.31. The average molecular weight is 450 g/mol. The first-order chi connectivity index (χ1) is 15.8. The summed E-state index contributed by atoms with van der Waals surface area (Å²) in [5.74, 6) is 0.523. The van der Waals surface area contributed by atoms with Crippen molar-refractivity contribution in [2.75, 3.05) is 58.8 Å². The van der Waals surface area contributed by atoms with E-state index in [1.165, 1.54) is 0 Å². The Morgan fingerprint density at radius 2 is 2.00 bits per heavy atom. The summed E-state index contributed by atoms with van der Waals surface area (Å²) in [6.45, 7) is 2.69. The van der Waals surface area contributed by atoms with Gasteiger partial charge in [0.05, 0.1) is 17.7 Å². The summed E-state index contributed by atoms with van der Waals surface area (Å²) >= 11 is 0. The Kier molecular flexibility index (Phi) is 6.76. The van der Waals surface area contributed by atoms with Crippen molar-refractivity contribution in [1.82, 2.24) is 19.8 Å². The lowest BCUT2D eigenvalue weighted by molar-refractivity contribution is 0.0264. The summed E-state index contributed by atoms with van der Waals surface area (Å²) in [6.07, 6.45) is 4.08. The van der Waals surface area contributed by atoms with E-state index in [-0.39, 0.29) is 12.5 Å². The highest BCUT2D eigenvalue weighted by atomic mass is 16.5. The van der Waals surface area contributed by atoms with Gasteiger partial charge in [0, 0.05) is 44.6 Å². The maximum atomic E-state index is 13.1. The van der Waals surface area contributed by atoms with E-state index in [0.717, 1.165) is 23.3 Å². The molecular formula is C25H31N5O3. The standard InChI is InChI=1S/C25H31N5O3/c1-28(2)14-15-33-20-7-4-6-19(16-20)24(31)29(3)17-25(32)10-13-30(18-25)22-9-12-26-21-8-5-11-27-23(21)22/h4-9,11-12,16,32H,10,13-15,17-18H2,1-3H3/t25-/m1/s1. The van der Waals surface area contributed by atoms with Crippen molar-refractivity contribution < 1.29 is 14.6 Å². The van der Waals surface area contributed by atoms with Crippen LogP contribution in [0.1, 0.15) is 16.8 Å². The molecule has 3 aromatic rings. The van der Waals surface area contributed by atoms with Gasteiger partial charge in [-0.1, -0.05) is 6.07 Å². The Balaban J connectivity index is 1.41. The van der Waals surface area contributed by atoms with Crippen LogP contribution in [0.3, 0.4) is 0 Å². The molecule has 0 spiro atoms. The number of fused-ring (bicyclic) bond motifs is 1. The first kappa shape index (κ1) is 22.9. The van der Waals surface area contributed by atoms with Gasteiger partial charge in [-0.3, -0.25) is 14.8 Å². The van der Waals surface area contributed by atoms with Crippen LogP contribution >= 0.6 is 0 Å². The number of amides is 1. The molecule has 1 N–H and O–H groups in total. The Morgan fingerprint density at radius 1 is 1.15 bits per heavy atom. The molecule has 3 heterocycles. The van der Waals surface area contributed by atoms with E-state index in [1.807, 2.05) is 49.3 Å². The van der Waals surface area contributed by atoms with E-state index in [9.17, 15) is 9.90 Å². The molecule has 1 fully saturated rings. The molecule has 0 unspecified atom stereocenters. The summed E-state index contributed by atoms with van der Waals surface area (Å²) in [5, 5.41) is 11.3. The Bertz CT molecular complexity index is 1120. The van der Waals surface area contributed by atoms with Crippen LogP contribution < -0.4 is 9.64 Å². The molecule has 1 aliphatic rings. The molecule has 1 aliphatic heterocycles. The lowest BCUT2D eigenvalue weighted by Crippen LogP contribution is -2.45. The zero-order valence-electron chi connectivity index (χ0n) is 19.4. The van der Waals surface area contributed by atoms with E-state index < -0.39 is 5.60 Å². The molecular weight excluding hydrogens is 418 g/mol. The van der Waals surface area contributed by atoms with Crippen LogP contribution in [0.2, 0.25) is 0 Å². The molecule has 0 bridgehead atoms. The van der Waals surface area contributed by atoms with Crippen molar-refractivity contribution in [1.29, 1.82) is 0 Å². The fourth-order valence-electron chi connectivity index (χ4n) is 4.21. The molecule has 174 valence electrons. The van der Waals surface area contributed by atoms with E-state index in [2.05, 4.69) is 14.9 Å². The summed E-state index contributed by atoms with van der Waals surface area (Å²) < 4.78 is 5.76. The summed E-state index contributed by atoms with van der Waals surface area (Å²) in [4.78, 5) is 27.7. The van der Waals surface area contributed by atoms with Gasteiger partial charge in [0.15, 0.2) is 0 Å². The highest BCUT2D eigenvalue weighted by Gasteiger charge is 2.38. The number of likely N-dealkylation sites (N-methyl/N-ethyl adjacent to an activating group) is 2. The van der Waals surface area contributed by atoms with Crippen LogP contribution in [-0.4, -0.2) is 90.3 Å². The van der Waals surface area contributed by atoms with Crippen LogP contribution in [-0.2, 0) is 0 Å². The van der Waals surface area contributed by atoms with Gasteiger partial charge < -0.3 is 24.5 Å². The number of benzene rings is 1. The predicted octanol–water partition coefficient (Wildman–Crippen LogP) is 2.28. The number of carbonyl (C=O) groups is 1. The topological polar surface area (TPSA) is 82.0 Å². The Morgan fingerprint density at radius 3 is 2.82 bits per heavy atom. The number of hydrogen-bond donors (Lipinski definition) is 1. The zero-order chi connectivity index (χ0) is 23.4. The van der Waals surface area contributed by atoms with E-state index in [1.54, 1.807) is 36.5 Å². The summed E-state index contributed by atoms with van der Waals surface area (Å²) in [5.41, 5.74) is 2.13. The highest BCUT2D eigenvalue weighted by molar-refractivity contribution is 5.94. The molecule has 4 rings (SSSR count). The molecule has 2 aromatic heterocycles. The minimum atomic E-state index is -1.01. The van der Waals surface area contributed by atoms with Gasteiger partial charge in [-0.15, -0.1) is 0 Å². The van der Waals surface area contributed by atoms with Gasteiger partial charge in [-0.05, 0) is 56.9 Å². The maximum Gasteiger partial charge on any atom is 0.253 e. The second-order valence-electron chi connectivity index (χ2n) is 8.94. The maximum absolute atomic E-state index is 13.1. The van der Waals surface area contributed by atoms with Crippen molar-refractivity contribution in [3.8, 4) is 5.75 Å². The van der Waals surface area contributed by atoms with Gasteiger partial charge in [-0.2, -0.15) is 0 Å². The minimum absolute atomic E-state index is 0.143. The van der Waals surface area contributed by atoms with Crippen LogP contribution in [0.15, 0.2) is 54.9 Å². The van der Waals surface area contributed by atoms with Crippen LogP contribution in [0.4, 0.5) is 5.69 Å². The molecule has 1 saturated heterocycles. The molecule has 1 amide bonds. The van der Waals surface area contributed by atoms with Gasteiger partial charge in [0.25, 0.3) is 5.91 Å². The number of anilines is 1. The first-order valence-electron chi connectivity index (χ1n) is 11.1. The fourth-order valence-corrected chi connectivity index (χ4v) is 4.21. The van der Waals surface area contributed by atoms with Crippen molar-refractivity contribution in [3.05, 3.63) is 60.4 Å². The van der Waals surface area contributed by atoms with Gasteiger partial charge in [0.2, 0.25) is 0 Å². The number of nitrogens with zero attached hydrogens (tertiary/aromatic N) is 5. The van der Waals surface area contributed by atoms with Crippen molar-refractivity contribution in [3.63, 3.8) is 0 Å². The molecule has 0 radical (unpaired) electrons. The summed E-state index contributed by atoms with van der Waals surface area (Å²) in [7, 11) is 5.70. The van der Waals surface area contributed by atoms with Gasteiger partial charge in [-0.25, -0.2) is 0 Å². The van der Waals surface area contributed by atoms with E-state index >= 15 is 0 Å². The first-order valence-corrected chi connectivity index (χ1v) is 11.1. The molecule has 1 atom stereocenters. The SMILES string of the molecule is CN(C)CCOc1cccc(C(=O)N(C)C[C@]2(O)CCN(c3ccnc4cccnc34)C2)c1. The normalized spacial score (nSPS) is 18.2. The molecule has 1 aromatic carbocycles. The number of hydrogen-bond acceptors (Lipinski definition) is 7. The molecule has 8 heteroatoms. The van der Waals surface area contributed by atoms with E-state index in [0.29, 0.717) is 37.4 Å². The average Bonchev–Trinajstić information content (AvgIpc) is 3.19. The van der Waals surface area contributed by atoms with E-state index in [4.69, 9.17) is 4.74 Å². The van der Waals surface area contributed by atoms with Crippen LogP contribution in [0, 0.1) is 0 Å². The fraction of sp³-hybridized carbons (Fsp3) is 0.400. The Hall–Kier alpha value is -3.23. The molecule has 0 aliphatic carbocycles.